The monoisotopic (exact) mass is 462 g/mol. The number of hydrogen-bond donors (Lipinski definition) is 3. The maximum absolute atomic E-state index is 12.2. The van der Waals surface area contributed by atoms with E-state index in [1.807, 2.05) is 6.92 Å². The maximum atomic E-state index is 12.2. The van der Waals surface area contributed by atoms with Gasteiger partial charge in [-0.15, -0.1) is 0 Å². The van der Waals surface area contributed by atoms with Crippen LogP contribution in [0.3, 0.4) is 0 Å². The lowest BCUT2D eigenvalue weighted by Crippen LogP contribution is -2.62. The molecule has 0 amide bonds. The Hall–Kier alpha value is -0.200. The third kappa shape index (κ3) is 2.78. The predicted octanol–water partition coefficient (Wildman–Crippen LogP) is 4.27. The molecule has 6 fully saturated rings. The number of hydrogen-bond acceptors (Lipinski definition) is 5. The van der Waals surface area contributed by atoms with E-state index < -0.39 is 11.4 Å². The van der Waals surface area contributed by atoms with Gasteiger partial charge in [0.05, 0.1) is 23.9 Å². The van der Waals surface area contributed by atoms with Crippen molar-refractivity contribution in [1.82, 2.24) is 0 Å². The molecule has 0 radical (unpaired) electrons. The molecule has 5 heteroatoms. The molecule has 13 atom stereocenters. The summed E-state index contributed by atoms with van der Waals surface area (Å²) >= 11 is 0. The first kappa shape index (κ1) is 23.2. The summed E-state index contributed by atoms with van der Waals surface area (Å²) in [4.78, 5) is 0. The van der Waals surface area contributed by atoms with Crippen molar-refractivity contribution in [3.05, 3.63) is 0 Å². The van der Waals surface area contributed by atoms with E-state index in [1.54, 1.807) is 0 Å². The second kappa shape index (κ2) is 6.76. The van der Waals surface area contributed by atoms with Gasteiger partial charge < -0.3 is 24.8 Å². The summed E-state index contributed by atoms with van der Waals surface area (Å²) in [7, 11) is 0. The number of ether oxygens (including phenoxy) is 2. The summed E-state index contributed by atoms with van der Waals surface area (Å²) in [5, 5.41) is 34.2. The molecule has 1 spiro atoms. The molecule has 8 unspecified atom stereocenters. The van der Waals surface area contributed by atoms with Crippen molar-refractivity contribution in [3.8, 4) is 0 Å². The van der Waals surface area contributed by atoms with Gasteiger partial charge in [-0.2, -0.15) is 0 Å². The largest absolute Gasteiger partial charge is 0.393 e. The number of aliphatic hydroxyl groups is 3. The highest BCUT2D eigenvalue weighted by Gasteiger charge is 2.77. The minimum absolute atomic E-state index is 0.0132. The first-order valence-electron chi connectivity index (χ1n) is 13.7. The van der Waals surface area contributed by atoms with E-state index >= 15 is 0 Å². The van der Waals surface area contributed by atoms with Crippen LogP contribution >= 0.6 is 0 Å². The van der Waals surface area contributed by atoms with Crippen molar-refractivity contribution in [2.75, 3.05) is 0 Å². The van der Waals surface area contributed by atoms with E-state index in [1.165, 1.54) is 0 Å². The Labute approximate surface area is 199 Å². The molecule has 0 aromatic carbocycles. The predicted molar refractivity (Wildman–Crippen MR) is 125 cm³/mol. The highest BCUT2D eigenvalue weighted by Crippen LogP contribution is 2.72. The van der Waals surface area contributed by atoms with Crippen LogP contribution in [0.25, 0.3) is 0 Å². The van der Waals surface area contributed by atoms with Crippen LogP contribution in [-0.4, -0.2) is 50.6 Å². The lowest BCUT2D eigenvalue weighted by molar-refractivity contribution is -0.300. The van der Waals surface area contributed by atoms with Crippen LogP contribution in [0.2, 0.25) is 0 Å². The quantitative estimate of drug-likeness (QED) is 0.501. The summed E-state index contributed by atoms with van der Waals surface area (Å²) in [5.74, 6) is 1.08. The Morgan fingerprint density at radius 1 is 0.879 bits per heavy atom. The molecule has 6 rings (SSSR count). The van der Waals surface area contributed by atoms with Gasteiger partial charge in [0.1, 0.15) is 5.60 Å². The fraction of sp³-hybridized carbons (Fsp3) is 1.00. The molecule has 5 nitrogen and oxygen atoms in total. The summed E-state index contributed by atoms with van der Waals surface area (Å²) < 4.78 is 13.3. The van der Waals surface area contributed by atoms with E-state index in [0.717, 1.165) is 51.4 Å². The van der Waals surface area contributed by atoms with Gasteiger partial charge in [-0.25, -0.2) is 0 Å². The Morgan fingerprint density at radius 2 is 1.61 bits per heavy atom. The average Bonchev–Trinajstić information content (AvgIpc) is 3.20. The highest BCUT2D eigenvalue weighted by molar-refractivity contribution is 5.22. The molecular formula is C28H46O5. The Balaban J connectivity index is 1.34. The minimum atomic E-state index is -1.08. The van der Waals surface area contributed by atoms with Crippen LogP contribution in [0, 0.1) is 46.3 Å². The first-order valence-corrected chi connectivity index (χ1v) is 13.7. The molecule has 4 aliphatic carbocycles. The van der Waals surface area contributed by atoms with E-state index in [2.05, 4.69) is 34.6 Å². The molecule has 33 heavy (non-hydrogen) atoms. The zero-order valence-corrected chi connectivity index (χ0v) is 21.5. The van der Waals surface area contributed by atoms with Gasteiger partial charge in [-0.3, -0.25) is 0 Å². The normalized spacial score (nSPS) is 63.7. The van der Waals surface area contributed by atoms with Gasteiger partial charge in [0.25, 0.3) is 0 Å². The topological polar surface area (TPSA) is 79.2 Å². The molecule has 0 bridgehead atoms. The SMILES string of the molecule is CC1C[C@@]2(O[C@@H]3CC4C5CCC6CC(O)CC[C@]6(C)C5C(O)C[C@]4(C)C3[C@@]2(C)O)OC1(C)C. The smallest absolute Gasteiger partial charge is 0.198 e. The molecule has 188 valence electrons. The number of rotatable bonds is 0. The van der Waals surface area contributed by atoms with Crippen molar-refractivity contribution in [2.45, 2.75) is 128 Å². The zero-order chi connectivity index (χ0) is 23.8. The highest BCUT2D eigenvalue weighted by atomic mass is 16.7. The molecule has 4 saturated carbocycles. The van der Waals surface area contributed by atoms with E-state index in [9.17, 15) is 15.3 Å². The van der Waals surface area contributed by atoms with Crippen LogP contribution in [0.4, 0.5) is 0 Å². The minimum Gasteiger partial charge on any atom is -0.393 e. The fourth-order valence-electron chi connectivity index (χ4n) is 10.7. The van der Waals surface area contributed by atoms with E-state index in [-0.39, 0.29) is 40.7 Å². The lowest BCUT2D eigenvalue weighted by atomic mass is 9.43. The van der Waals surface area contributed by atoms with Crippen molar-refractivity contribution in [1.29, 1.82) is 0 Å². The van der Waals surface area contributed by atoms with Crippen molar-refractivity contribution in [3.63, 3.8) is 0 Å². The van der Waals surface area contributed by atoms with E-state index in [0.29, 0.717) is 29.6 Å². The third-order valence-corrected chi connectivity index (χ3v) is 12.5. The summed E-state index contributed by atoms with van der Waals surface area (Å²) in [5.41, 5.74) is -1.45. The van der Waals surface area contributed by atoms with Crippen molar-refractivity contribution in [2.24, 2.45) is 46.3 Å². The fourth-order valence-corrected chi connectivity index (χ4v) is 10.7. The molecule has 3 N–H and O–H groups in total. The molecule has 6 aliphatic rings. The van der Waals surface area contributed by atoms with Gasteiger partial charge in [0.2, 0.25) is 0 Å². The van der Waals surface area contributed by atoms with Crippen molar-refractivity contribution < 1.29 is 24.8 Å². The van der Waals surface area contributed by atoms with E-state index in [4.69, 9.17) is 9.47 Å². The summed E-state index contributed by atoms with van der Waals surface area (Å²) in [6.07, 6.45) is 6.94. The molecular weight excluding hydrogens is 416 g/mol. The maximum Gasteiger partial charge on any atom is 0.198 e. The van der Waals surface area contributed by atoms with Gasteiger partial charge in [0, 0.05) is 12.3 Å². The summed E-state index contributed by atoms with van der Waals surface area (Å²) in [6, 6.07) is 0. The van der Waals surface area contributed by atoms with Crippen molar-refractivity contribution >= 4 is 0 Å². The Bertz CT molecular complexity index is 825. The first-order chi connectivity index (χ1) is 15.3. The molecule has 2 saturated heterocycles. The Morgan fingerprint density at radius 3 is 2.27 bits per heavy atom. The molecule has 0 aromatic heterocycles. The summed E-state index contributed by atoms with van der Waals surface area (Å²) in [6.45, 7) is 13.1. The molecule has 2 aliphatic heterocycles. The average molecular weight is 463 g/mol. The number of fused-ring (bicyclic) bond motifs is 7. The second-order valence-corrected chi connectivity index (χ2v) is 14.4. The third-order valence-electron chi connectivity index (χ3n) is 12.5. The molecule has 0 aromatic rings. The zero-order valence-electron chi connectivity index (χ0n) is 21.5. The van der Waals surface area contributed by atoms with Crippen LogP contribution in [0.5, 0.6) is 0 Å². The van der Waals surface area contributed by atoms with Crippen LogP contribution in [-0.2, 0) is 9.47 Å². The lowest BCUT2D eigenvalue weighted by Gasteiger charge is -2.63. The van der Waals surface area contributed by atoms with Gasteiger partial charge in [0.15, 0.2) is 5.79 Å². The van der Waals surface area contributed by atoms with Gasteiger partial charge in [-0.05, 0) is 106 Å². The molecule has 2 heterocycles. The standard InChI is InChI=1S/C28H46O5/c1-15-13-28(33-24(15,2)3)27(6,31)23-21(32-28)12-19-18-8-7-16-11-17(29)9-10-25(16,4)22(18)20(30)14-26(19,23)5/h15-23,29-31H,7-14H2,1-6H3/t15?,16?,17?,18?,19?,20?,21-,22?,23?,25+,26+,27-,28-/m1/s1. The van der Waals surface area contributed by atoms with Crippen LogP contribution < -0.4 is 0 Å². The van der Waals surface area contributed by atoms with Gasteiger partial charge in [-0.1, -0.05) is 20.8 Å². The van der Waals surface area contributed by atoms with Crippen LogP contribution in [0.1, 0.15) is 92.9 Å². The Kier molecular flexibility index (Phi) is 4.76. The van der Waals surface area contributed by atoms with Crippen LogP contribution in [0.15, 0.2) is 0 Å². The second-order valence-electron chi connectivity index (χ2n) is 14.4. The van der Waals surface area contributed by atoms with Gasteiger partial charge >= 0.3 is 0 Å². The number of aliphatic hydroxyl groups excluding tert-OH is 2.